The molecule has 1 saturated carbocycles. The molecular formula is C15H18FNO2. The Hall–Kier alpha value is -1.42. The summed E-state index contributed by atoms with van der Waals surface area (Å²) in [6.45, 7) is 2.73. The third-order valence-electron chi connectivity index (χ3n) is 4.50. The van der Waals surface area contributed by atoms with Crippen LogP contribution in [0.25, 0.3) is 0 Å². The van der Waals surface area contributed by atoms with E-state index < -0.39 is 11.8 Å². The number of hydrogen-bond donors (Lipinski definition) is 1. The van der Waals surface area contributed by atoms with Crippen LogP contribution in [0.2, 0.25) is 0 Å². The molecule has 1 heterocycles. The van der Waals surface area contributed by atoms with Crippen LogP contribution in [0.1, 0.15) is 35.2 Å². The van der Waals surface area contributed by atoms with Crippen LogP contribution in [0.3, 0.4) is 0 Å². The largest absolute Gasteiger partial charge is 0.478 e. The SMILES string of the molecule is O=C(O)c1cc(F)ccc1CN1CC2CCCC2C1. The van der Waals surface area contributed by atoms with Gasteiger partial charge in [-0.3, -0.25) is 4.90 Å². The van der Waals surface area contributed by atoms with Gasteiger partial charge in [-0.2, -0.15) is 0 Å². The molecule has 2 unspecified atom stereocenters. The lowest BCUT2D eigenvalue weighted by atomic mass is 10.0. The Morgan fingerprint density at radius 3 is 2.63 bits per heavy atom. The van der Waals surface area contributed by atoms with Gasteiger partial charge in [0.25, 0.3) is 0 Å². The fourth-order valence-corrected chi connectivity index (χ4v) is 3.59. The molecular weight excluding hydrogens is 245 g/mol. The van der Waals surface area contributed by atoms with Gasteiger partial charge in [0.1, 0.15) is 5.82 Å². The summed E-state index contributed by atoms with van der Waals surface area (Å²) in [6, 6.07) is 4.07. The van der Waals surface area contributed by atoms with Crippen LogP contribution < -0.4 is 0 Å². The van der Waals surface area contributed by atoms with Crippen molar-refractivity contribution in [2.24, 2.45) is 11.8 Å². The zero-order valence-electron chi connectivity index (χ0n) is 10.8. The quantitative estimate of drug-likeness (QED) is 0.911. The van der Waals surface area contributed by atoms with E-state index in [2.05, 4.69) is 4.90 Å². The third-order valence-corrected chi connectivity index (χ3v) is 4.50. The molecule has 19 heavy (non-hydrogen) atoms. The summed E-state index contributed by atoms with van der Waals surface area (Å²) >= 11 is 0. The van der Waals surface area contributed by atoms with Crippen molar-refractivity contribution in [3.05, 3.63) is 35.1 Å². The van der Waals surface area contributed by atoms with Crippen LogP contribution in [-0.4, -0.2) is 29.1 Å². The smallest absolute Gasteiger partial charge is 0.336 e. The minimum atomic E-state index is -1.05. The Bertz CT molecular complexity index is 491. The van der Waals surface area contributed by atoms with Gasteiger partial charge in [0, 0.05) is 19.6 Å². The van der Waals surface area contributed by atoms with Gasteiger partial charge in [0.2, 0.25) is 0 Å². The van der Waals surface area contributed by atoms with E-state index in [9.17, 15) is 9.18 Å². The summed E-state index contributed by atoms with van der Waals surface area (Å²) in [5, 5.41) is 9.14. The second-order valence-electron chi connectivity index (χ2n) is 5.75. The highest BCUT2D eigenvalue weighted by atomic mass is 19.1. The van der Waals surface area contributed by atoms with E-state index in [4.69, 9.17) is 5.11 Å². The maximum atomic E-state index is 13.1. The molecule has 3 rings (SSSR count). The molecule has 4 heteroatoms. The van der Waals surface area contributed by atoms with Gasteiger partial charge in [-0.25, -0.2) is 9.18 Å². The number of hydrogen-bond acceptors (Lipinski definition) is 2. The Morgan fingerprint density at radius 2 is 2.00 bits per heavy atom. The Balaban J connectivity index is 1.75. The first-order valence-corrected chi connectivity index (χ1v) is 6.87. The fourth-order valence-electron chi connectivity index (χ4n) is 3.59. The van der Waals surface area contributed by atoms with E-state index in [1.807, 2.05) is 0 Å². The standard InChI is InChI=1S/C15H18FNO2/c16-13-5-4-12(14(6-13)15(18)19)9-17-7-10-2-1-3-11(10)8-17/h4-6,10-11H,1-3,7-9H2,(H,18,19). The Morgan fingerprint density at radius 1 is 1.32 bits per heavy atom. The highest BCUT2D eigenvalue weighted by Crippen LogP contribution is 2.38. The average Bonchev–Trinajstić information content (AvgIpc) is 2.91. The zero-order valence-corrected chi connectivity index (χ0v) is 10.8. The summed E-state index contributed by atoms with van der Waals surface area (Å²) in [5.74, 6) is 0.0378. The highest BCUT2D eigenvalue weighted by molar-refractivity contribution is 5.89. The first-order valence-electron chi connectivity index (χ1n) is 6.87. The topological polar surface area (TPSA) is 40.5 Å². The van der Waals surface area contributed by atoms with E-state index in [1.54, 1.807) is 6.07 Å². The van der Waals surface area contributed by atoms with Gasteiger partial charge in [-0.05, 0) is 42.4 Å². The Kier molecular flexibility index (Phi) is 3.27. The number of carbonyl (C=O) groups is 1. The van der Waals surface area contributed by atoms with Crippen molar-refractivity contribution in [1.82, 2.24) is 4.90 Å². The lowest BCUT2D eigenvalue weighted by molar-refractivity contribution is 0.0694. The van der Waals surface area contributed by atoms with E-state index in [0.29, 0.717) is 12.1 Å². The van der Waals surface area contributed by atoms with E-state index in [-0.39, 0.29) is 5.56 Å². The van der Waals surface area contributed by atoms with E-state index >= 15 is 0 Å². The molecule has 2 fully saturated rings. The summed E-state index contributed by atoms with van der Waals surface area (Å²) < 4.78 is 13.1. The molecule has 1 saturated heterocycles. The van der Waals surface area contributed by atoms with Crippen LogP contribution in [0, 0.1) is 17.7 Å². The fraction of sp³-hybridized carbons (Fsp3) is 0.533. The van der Waals surface area contributed by atoms with Crippen molar-refractivity contribution in [3.8, 4) is 0 Å². The zero-order chi connectivity index (χ0) is 13.4. The number of likely N-dealkylation sites (tertiary alicyclic amines) is 1. The van der Waals surface area contributed by atoms with E-state index in [0.717, 1.165) is 31.0 Å². The normalized spacial score (nSPS) is 26.6. The molecule has 1 aromatic rings. The van der Waals surface area contributed by atoms with Crippen LogP contribution in [0.5, 0.6) is 0 Å². The summed E-state index contributed by atoms with van der Waals surface area (Å²) in [7, 11) is 0. The minimum Gasteiger partial charge on any atom is -0.478 e. The molecule has 1 aliphatic heterocycles. The van der Waals surface area contributed by atoms with Crippen molar-refractivity contribution in [3.63, 3.8) is 0 Å². The third kappa shape index (κ3) is 2.50. The summed E-state index contributed by atoms with van der Waals surface area (Å²) in [4.78, 5) is 13.5. The van der Waals surface area contributed by atoms with Gasteiger partial charge in [-0.1, -0.05) is 12.5 Å². The van der Waals surface area contributed by atoms with Crippen molar-refractivity contribution in [1.29, 1.82) is 0 Å². The van der Waals surface area contributed by atoms with Crippen LogP contribution in [-0.2, 0) is 6.54 Å². The molecule has 0 radical (unpaired) electrons. The first kappa shape index (κ1) is 12.6. The number of fused-ring (bicyclic) bond motifs is 1. The minimum absolute atomic E-state index is 0.0945. The van der Waals surface area contributed by atoms with Gasteiger partial charge in [0.05, 0.1) is 5.56 Å². The molecule has 102 valence electrons. The molecule has 2 atom stereocenters. The molecule has 1 aromatic carbocycles. The monoisotopic (exact) mass is 263 g/mol. The summed E-state index contributed by atoms with van der Waals surface area (Å²) in [6.07, 6.45) is 3.94. The molecule has 2 aliphatic rings. The van der Waals surface area contributed by atoms with E-state index in [1.165, 1.54) is 25.3 Å². The Labute approximate surface area is 112 Å². The number of halogens is 1. The molecule has 0 aromatic heterocycles. The maximum Gasteiger partial charge on any atom is 0.336 e. The van der Waals surface area contributed by atoms with Gasteiger partial charge in [0.15, 0.2) is 0 Å². The van der Waals surface area contributed by atoms with Crippen LogP contribution in [0.4, 0.5) is 4.39 Å². The molecule has 1 N–H and O–H groups in total. The average molecular weight is 263 g/mol. The van der Waals surface area contributed by atoms with Crippen molar-refractivity contribution < 1.29 is 14.3 Å². The molecule has 3 nitrogen and oxygen atoms in total. The number of rotatable bonds is 3. The van der Waals surface area contributed by atoms with Gasteiger partial charge in [-0.15, -0.1) is 0 Å². The lowest BCUT2D eigenvalue weighted by Gasteiger charge is -2.18. The second kappa shape index (κ2) is 4.93. The first-order chi connectivity index (χ1) is 9.13. The summed E-state index contributed by atoms with van der Waals surface area (Å²) in [5.41, 5.74) is 0.811. The van der Waals surface area contributed by atoms with Gasteiger partial charge >= 0.3 is 5.97 Å². The van der Waals surface area contributed by atoms with Gasteiger partial charge < -0.3 is 5.11 Å². The van der Waals surface area contributed by atoms with Crippen molar-refractivity contribution >= 4 is 5.97 Å². The molecule has 0 bridgehead atoms. The second-order valence-corrected chi connectivity index (χ2v) is 5.75. The predicted octanol–water partition coefficient (Wildman–Crippen LogP) is 2.76. The number of nitrogens with zero attached hydrogens (tertiary/aromatic N) is 1. The molecule has 1 aliphatic carbocycles. The lowest BCUT2D eigenvalue weighted by Crippen LogP contribution is -2.22. The highest BCUT2D eigenvalue weighted by Gasteiger charge is 2.36. The number of benzene rings is 1. The number of aromatic carboxylic acids is 1. The van der Waals surface area contributed by atoms with Crippen molar-refractivity contribution in [2.45, 2.75) is 25.8 Å². The molecule has 0 amide bonds. The van der Waals surface area contributed by atoms with Crippen LogP contribution >= 0.6 is 0 Å². The maximum absolute atomic E-state index is 13.1. The van der Waals surface area contributed by atoms with Crippen LogP contribution in [0.15, 0.2) is 18.2 Å². The number of carboxylic acid groups (broad SMARTS) is 1. The molecule has 0 spiro atoms. The number of carboxylic acids is 1. The predicted molar refractivity (Wildman–Crippen MR) is 69.5 cm³/mol. The van der Waals surface area contributed by atoms with Crippen molar-refractivity contribution in [2.75, 3.05) is 13.1 Å².